The highest BCUT2D eigenvalue weighted by atomic mass is 19.4. The third-order valence-corrected chi connectivity index (χ3v) is 1.58. The second kappa shape index (κ2) is 5.37. The van der Waals surface area contributed by atoms with Crippen LogP contribution in [-0.4, -0.2) is 26.4 Å². The molecule has 0 radical (unpaired) electrons. The van der Waals surface area contributed by atoms with Gasteiger partial charge in [0.25, 0.3) is 0 Å². The van der Waals surface area contributed by atoms with Gasteiger partial charge in [-0.05, 0) is 18.9 Å². The summed E-state index contributed by atoms with van der Waals surface area (Å²) < 4.78 is 40.1. The van der Waals surface area contributed by atoms with Crippen molar-refractivity contribution in [3.05, 3.63) is 0 Å². The number of hydrogen-bond acceptors (Lipinski definition) is 2. The van der Waals surface area contributed by atoms with Crippen LogP contribution in [0, 0.1) is 5.92 Å². The molecular formula is C7H14F3NO. The summed E-state index contributed by atoms with van der Waals surface area (Å²) in [4.78, 5) is 0. The van der Waals surface area contributed by atoms with Crippen molar-refractivity contribution in [2.24, 2.45) is 11.7 Å². The average molecular weight is 185 g/mol. The molecule has 2 N–H and O–H groups in total. The molecule has 0 aliphatic rings. The van der Waals surface area contributed by atoms with E-state index in [0.717, 1.165) is 0 Å². The van der Waals surface area contributed by atoms with Crippen LogP contribution in [0.4, 0.5) is 13.2 Å². The molecule has 0 aromatic carbocycles. The van der Waals surface area contributed by atoms with E-state index in [1.807, 2.05) is 0 Å². The van der Waals surface area contributed by atoms with Crippen LogP contribution in [0.1, 0.15) is 12.8 Å². The molecule has 0 aliphatic carbocycles. The van der Waals surface area contributed by atoms with Gasteiger partial charge >= 0.3 is 6.18 Å². The van der Waals surface area contributed by atoms with Crippen molar-refractivity contribution in [2.75, 3.05) is 20.3 Å². The molecule has 2 nitrogen and oxygen atoms in total. The van der Waals surface area contributed by atoms with Crippen LogP contribution in [0.2, 0.25) is 0 Å². The highest BCUT2D eigenvalue weighted by molar-refractivity contribution is 4.64. The third kappa shape index (κ3) is 6.42. The molecule has 1 atom stereocenters. The van der Waals surface area contributed by atoms with E-state index >= 15 is 0 Å². The molecule has 0 aliphatic heterocycles. The summed E-state index contributed by atoms with van der Waals surface area (Å²) >= 11 is 0. The molecule has 0 fully saturated rings. The minimum atomic E-state index is -4.11. The quantitative estimate of drug-likeness (QED) is 0.705. The summed E-state index contributed by atoms with van der Waals surface area (Å²) in [5.41, 5.74) is 5.17. The smallest absolute Gasteiger partial charge is 0.385 e. The Morgan fingerprint density at radius 3 is 2.33 bits per heavy atom. The van der Waals surface area contributed by atoms with Crippen LogP contribution >= 0.6 is 0 Å². The standard InChI is InChI=1S/C7H14F3NO/c1-12-3-2-6(5-11)4-7(8,9)10/h6H,2-5,11H2,1H3. The highest BCUT2D eigenvalue weighted by Crippen LogP contribution is 2.25. The molecule has 0 aromatic heterocycles. The molecule has 0 heterocycles. The van der Waals surface area contributed by atoms with Crippen LogP contribution in [-0.2, 0) is 4.74 Å². The maximum Gasteiger partial charge on any atom is 0.389 e. The van der Waals surface area contributed by atoms with Crippen LogP contribution < -0.4 is 5.73 Å². The van der Waals surface area contributed by atoms with Gasteiger partial charge < -0.3 is 10.5 Å². The minimum Gasteiger partial charge on any atom is -0.385 e. The Kier molecular flexibility index (Phi) is 5.24. The summed E-state index contributed by atoms with van der Waals surface area (Å²) in [6.07, 6.45) is -4.56. The van der Waals surface area contributed by atoms with Gasteiger partial charge in [-0.3, -0.25) is 0 Å². The lowest BCUT2D eigenvalue weighted by Crippen LogP contribution is -2.23. The van der Waals surface area contributed by atoms with E-state index in [4.69, 9.17) is 5.73 Å². The predicted molar refractivity (Wildman–Crippen MR) is 39.7 cm³/mol. The first-order valence-electron chi connectivity index (χ1n) is 3.75. The van der Waals surface area contributed by atoms with E-state index in [2.05, 4.69) is 4.74 Å². The van der Waals surface area contributed by atoms with Crippen molar-refractivity contribution in [1.29, 1.82) is 0 Å². The van der Waals surface area contributed by atoms with E-state index in [9.17, 15) is 13.2 Å². The van der Waals surface area contributed by atoms with E-state index in [0.29, 0.717) is 13.0 Å². The molecule has 0 spiro atoms. The number of ether oxygens (including phenoxy) is 1. The van der Waals surface area contributed by atoms with Crippen molar-refractivity contribution >= 4 is 0 Å². The lowest BCUT2D eigenvalue weighted by Gasteiger charge is -2.15. The summed E-state index contributed by atoms with van der Waals surface area (Å²) in [7, 11) is 1.46. The number of alkyl halides is 3. The lowest BCUT2D eigenvalue weighted by atomic mass is 10.0. The SMILES string of the molecule is COCCC(CN)CC(F)(F)F. The van der Waals surface area contributed by atoms with E-state index < -0.39 is 18.5 Å². The predicted octanol–water partition coefficient (Wildman–Crippen LogP) is 1.55. The van der Waals surface area contributed by atoms with Crippen molar-refractivity contribution in [1.82, 2.24) is 0 Å². The Morgan fingerprint density at radius 2 is 2.00 bits per heavy atom. The molecule has 0 amide bonds. The van der Waals surface area contributed by atoms with Gasteiger partial charge in [0.15, 0.2) is 0 Å². The number of nitrogens with two attached hydrogens (primary N) is 1. The molecule has 0 saturated carbocycles. The Morgan fingerprint density at radius 1 is 1.42 bits per heavy atom. The molecule has 0 rings (SSSR count). The van der Waals surface area contributed by atoms with Crippen LogP contribution in [0.25, 0.3) is 0 Å². The van der Waals surface area contributed by atoms with Crippen LogP contribution in [0.5, 0.6) is 0 Å². The fourth-order valence-electron chi connectivity index (χ4n) is 0.915. The van der Waals surface area contributed by atoms with Crippen molar-refractivity contribution in [3.63, 3.8) is 0 Å². The molecule has 0 saturated heterocycles. The fourth-order valence-corrected chi connectivity index (χ4v) is 0.915. The van der Waals surface area contributed by atoms with E-state index in [-0.39, 0.29) is 6.54 Å². The van der Waals surface area contributed by atoms with Crippen molar-refractivity contribution < 1.29 is 17.9 Å². The highest BCUT2D eigenvalue weighted by Gasteiger charge is 2.30. The van der Waals surface area contributed by atoms with Gasteiger partial charge in [-0.15, -0.1) is 0 Å². The van der Waals surface area contributed by atoms with E-state index in [1.165, 1.54) is 7.11 Å². The molecule has 5 heteroatoms. The van der Waals surface area contributed by atoms with E-state index in [1.54, 1.807) is 0 Å². The lowest BCUT2D eigenvalue weighted by molar-refractivity contribution is -0.144. The molecule has 74 valence electrons. The maximum atomic E-state index is 11.8. The van der Waals surface area contributed by atoms with Crippen LogP contribution in [0.3, 0.4) is 0 Å². The van der Waals surface area contributed by atoms with Gasteiger partial charge in [0.1, 0.15) is 0 Å². The van der Waals surface area contributed by atoms with Gasteiger partial charge in [-0.1, -0.05) is 0 Å². The van der Waals surface area contributed by atoms with Gasteiger partial charge in [0.05, 0.1) is 0 Å². The Hall–Kier alpha value is -0.290. The summed E-state index contributed by atoms with van der Waals surface area (Å²) in [6.45, 7) is 0.390. The normalized spacial score (nSPS) is 14.8. The largest absolute Gasteiger partial charge is 0.389 e. The maximum absolute atomic E-state index is 11.8. The minimum absolute atomic E-state index is 0.0584. The Bertz CT molecular complexity index is 116. The molecule has 1 unspecified atom stereocenters. The summed E-state index contributed by atoms with van der Waals surface area (Å²) in [5.74, 6) is -0.509. The van der Waals surface area contributed by atoms with Crippen molar-refractivity contribution in [2.45, 2.75) is 19.0 Å². The summed E-state index contributed by atoms with van der Waals surface area (Å²) in [5, 5.41) is 0. The zero-order valence-electron chi connectivity index (χ0n) is 7.03. The molecular weight excluding hydrogens is 171 g/mol. The van der Waals surface area contributed by atoms with Gasteiger partial charge in [-0.2, -0.15) is 13.2 Å². The Balaban J connectivity index is 3.67. The topological polar surface area (TPSA) is 35.2 Å². The first kappa shape index (κ1) is 11.7. The molecule has 12 heavy (non-hydrogen) atoms. The first-order valence-corrected chi connectivity index (χ1v) is 3.75. The van der Waals surface area contributed by atoms with Crippen LogP contribution in [0.15, 0.2) is 0 Å². The Labute approximate surface area is 69.9 Å². The molecule has 0 aromatic rings. The average Bonchev–Trinajstić information content (AvgIpc) is 1.95. The second-order valence-electron chi connectivity index (χ2n) is 2.70. The number of rotatable bonds is 5. The number of methoxy groups -OCH3 is 1. The zero-order valence-corrected chi connectivity index (χ0v) is 7.03. The number of halogens is 3. The second-order valence-corrected chi connectivity index (χ2v) is 2.70. The monoisotopic (exact) mass is 185 g/mol. The number of hydrogen-bond donors (Lipinski definition) is 1. The summed E-state index contributed by atoms with van der Waals surface area (Å²) in [6, 6.07) is 0. The van der Waals surface area contributed by atoms with Crippen molar-refractivity contribution in [3.8, 4) is 0 Å². The van der Waals surface area contributed by atoms with Gasteiger partial charge in [0, 0.05) is 20.1 Å². The zero-order chi connectivity index (χ0) is 9.61. The first-order chi connectivity index (χ1) is 5.49. The van der Waals surface area contributed by atoms with Gasteiger partial charge in [0.2, 0.25) is 0 Å². The third-order valence-electron chi connectivity index (χ3n) is 1.58. The fraction of sp³-hybridized carbons (Fsp3) is 1.00. The van der Waals surface area contributed by atoms with Gasteiger partial charge in [-0.25, -0.2) is 0 Å². The molecule has 0 bridgehead atoms.